The number of carboxylic acids is 1. The van der Waals surface area contributed by atoms with Gasteiger partial charge in [0.05, 0.1) is 19.8 Å². The molecule has 0 aliphatic rings. The van der Waals surface area contributed by atoms with Gasteiger partial charge in [-0.15, -0.1) is 0 Å². The minimum absolute atomic E-state index is 0.0486. The Hall–Kier alpha value is -2.77. The first kappa shape index (κ1) is 53.2. The molecular formula is C43H81N3O10. The Morgan fingerprint density at radius 1 is 0.554 bits per heavy atom. The van der Waals surface area contributed by atoms with Gasteiger partial charge < -0.3 is 40.0 Å². The van der Waals surface area contributed by atoms with Gasteiger partial charge in [0.1, 0.15) is 29.4 Å². The number of amides is 2. The third-order valence-corrected chi connectivity index (χ3v) is 8.87. The molecule has 328 valence electrons. The van der Waals surface area contributed by atoms with Crippen molar-refractivity contribution in [3.8, 4) is 0 Å². The number of carbonyl (C=O) groups excluding carboxylic acids is 4. The summed E-state index contributed by atoms with van der Waals surface area (Å²) in [6, 6.07) is -0.629. The van der Waals surface area contributed by atoms with Crippen LogP contribution in [0.5, 0.6) is 0 Å². The molecule has 0 aromatic carbocycles. The van der Waals surface area contributed by atoms with Crippen LogP contribution in [0.25, 0.3) is 0 Å². The maximum absolute atomic E-state index is 13.0. The Morgan fingerprint density at radius 3 is 1.50 bits per heavy atom. The molecule has 0 saturated heterocycles. The zero-order valence-electron chi connectivity index (χ0n) is 36.6. The SMILES string of the molecule is CC(C)(C)OC(=O)CCCCCCCCCCCCCCCCCCCNC(CCC(=O)NC(C)(C)C(=O)NCCOCCOCC(=O)O)C(=O)OC(C)(C)C. The average molecular weight is 800 g/mol. The first-order valence-electron chi connectivity index (χ1n) is 21.5. The highest BCUT2D eigenvalue weighted by Gasteiger charge is 2.30. The summed E-state index contributed by atoms with van der Waals surface area (Å²) in [4.78, 5) is 60.7. The number of hydrogen-bond donors (Lipinski definition) is 4. The van der Waals surface area contributed by atoms with Crippen LogP contribution in [-0.4, -0.2) is 97.1 Å². The van der Waals surface area contributed by atoms with Crippen molar-refractivity contribution in [3.63, 3.8) is 0 Å². The van der Waals surface area contributed by atoms with Gasteiger partial charge >= 0.3 is 17.9 Å². The molecule has 0 aliphatic heterocycles. The second kappa shape index (κ2) is 31.3. The lowest BCUT2D eigenvalue weighted by molar-refractivity contribution is -0.158. The molecule has 0 aliphatic carbocycles. The van der Waals surface area contributed by atoms with E-state index in [4.69, 9.17) is 24.1 Å². The fourth-order valence-corrected chi connectivity index (χ4v) is 5.97. The van der Waals surface area contributed by atoms with E-state index in [1.165, 1.54) is 77.0 Å². The molecule has 0 saturated carbocycles. The highest BCUT2D eigenvalue weighted by molar-refractivity contribution is 5.90. The van der Waals surface area contributed by atoms with E-state index in [9.17, 15) is 24.0 Å². The van der Waals surface area contributed by atoms with Gasteiger partial charge in [-0.1, -0.05) is 96.3 Å². The van der Waals surface area contributed by atoms with Gasteiger partial charge in [0.15, 0.2) is 0 Å². The van der Waals surface area contributed by atoms with E-state index in [1.807, 2.05) is 41.5 Å². The molecular weight excluding hydrogens is 718 g/mol. The summed E-state index contributed by atoms with van der Waals surface area (Å²) in [5, 5.41) is 17.3. The zero-order chi connectivity index (χ0) is 42.3. The van der Waals surface area contributed by atoms with Crippen molar-refractivity contribution in [1.29, 1.82) is 0 Å². The maximum atomic E-state index is 13.0. The summed E-state index contributed by atoms with van der Waals surface area (Å²) in [6.07, 6.45) is 21.4. The fraction of sp³-hybridized carbons (Fsp3) is 0.884. The van der Waals surface area contributed by atoms with Gasteiger partial charge in [0.2, 0.25) is 11.8 Å². The van der Waals surface area contributed by atoms with E-state index in [2.05, 4.69) is 16.0 Å². The molecule has 0 rings (SSSR count). The van der Waals surface area contributed by atoms with Gasteiger partial charge in [-0.3, -0.25) is 19.2 Å². The van der Waals surface area contributed by atoms with E-state index in [0.29, 0.717) is 13.0 Å². The molecule has 0 spiro atoms. The number of esters is 2. The van der Waals surface area contributed by atoms with Crippen LogP contribution in [0.15, 0.2) is 0 Å². The third-order valence-electron chi connectivity index (χ3n) is 8.87. The quantitative estimate of drug-likeness (QED) is 0.0367. The third kappa shape index (κ3) is 34.5. The molecule has 0 aromatic rings. The molecule has 1 unspecified atom stereocenters. The number of rotatable bonds is 35. The molecule has 56 heavy (non-hydrogen) atoms. The molecule has 13 nitrogen and oxygen atoms in total. The average Bonchev–Trinajstić information content (AvgIpc) is 3.07. The summed E-state index contributed by atoms with van der Waals surface area (Å²) in [7, 11) is 0. The minimum Gasteiger partial charge on any atom is -0.480 e. The zero-order valence-corrected chi connectivity index (χ0v) is 36.6. The van der Waals surface area contributed by atoms with Crippen molar-refractivity contribution in [1.82, 2.24) is 16.0 Å². The van der Waals surface area contributed by atoms with Gasteiger partial charge in [-0.2, -0.15) is 0 Å². The number of carboxylic acid groups (broad SMARTS) is 1. The van der Waals surface area contributed by atoms with E-state index < -0.39 is 29.8 Å². The minimum atomic E-state index is -1.18. The number of nitrogens with one attached hydrogen (secondary N) is 3. The normalized spacial score (nSPS) is 12.6. The predicted molar refractivity (Wildman–Crippen MR) is 220 cm³/mol. The summed E-state index contributed by atoms with van der Waals surface area (Å²) >= 11 is 0. The Labute approximate surface area is 339 Å². The van der Waals surface area contributed by atoms with Crippen LogP contribution in [0.3, 0.4) is 0 Å². The van der Waals surface area contributed by atoms with Gasteiger partial charge in [0, 0.05) is 19.4 Å². The molecule has 13 heteroatoms. The predicted octanol–water partition coefficient (Wildman–Crippen LogP) is 7.56. The van der Waals surface area contributed by atoms with Crippen LogP contribution in [0.1, 0.15) is 184 Å². The number of carbonyl (C=O) groups is 5. The fourth-order valence-electron chi connectivity index (χ4n) is 5.97. The van der Waals surface area contributed by atoms with E-state index in [1.54, 1.807) is 13.8 Å². The highest BCUT2D eigenvalue weighted by atomic mass is 16.6. The summed E-state index contributed by atoms with van der Waals surface area (Å²) in [5.41, 5.74) is -2.22. The molecule has 4 N–H and O–H groups in total. The van der Waals surface area contributed by atoms with Crippen LogP contribution >= 0.6 is 0 Å². The van der Waals surface area contributed by atoms with Crippen molar-refractivity contribution >= 4 is 29.7 Å². The maximum Gasteiger partial charge on any atom is 0.329 e. The Kier molecular flexibility index (Phi) is 29.7. The van der Waals surface area contributed by atoms with Crippen LogP contribution in [0, 0.1) is 0 Å². The molecule has 2 amide bonds. The molecule has 0 aromatic heterocycles. The molecule has 0 fully saturated rings. The van der Waals surface area contributed by atoms with Gasteiger partial charge in [-0.25, -0.2) is 4.79 Å². The number of aliphatic carboxylic acids is 1. The molecule has 0 heterocycles. The van der Waals surface area contributed by atoms with Crippen LogP contribution in [-0.2, 0) is 42.9 Å². The Bertz CT molecular complexity index is 1080. The smallest absolute Gasteiger partial charge is 0.329 e. The van der Waals surface area contributed by atoms with E-state index in [0.717, 1.165) is 32.1 Å². The van der Waals surface area contributed by atoms with E-state index >= 15 is 0 Å². The lowest BCUT2D eigenvalue weighted by Gasteiger charge is -2.27. The Balaban J connectivity index is 4.09. The topological polar surface area (TPSA) is 179 Å². The summed E-state index contributed by atoms with van der Waals surface area (Å²) in [6.45, 7) is 15.4. The number of hydrogen-bond acceptors (Lipinski definition) is 10. The van der Waals surface area contributed by atoms with Crippen molar-refractivity contribution in [2.45, 2.75) is 207 Å². The number of ether oxygens (including phenoxy) is 4. The van der Waals surface area contributed by atoms with Crippen LogP contribution in [0.2, 0.25) is 0 Å². The number of unbranched alkanes of at least 4 members (excludes halogenated alkanes) is 16. The summed E-state index contributed by atoms with van der Waals surface area (Å²) in [5.74, 6) is -2.24. The van der Waals surface area contributed by atoms with Crippen molar-refractivity contribution in [2.75, 3.05) is 39.5 Å². The monoisotopic (exact) mass is 800 g/mol. The van der Waals surface area contributed by atoms with Gasteiger partial charge in [0.25, 0.3) is 0 Å². The van der Waals surface area contributed by atoms with Crippen molar-refractivity contribution in [2.24, 2.45) is 0 Å². The van der Waals surface area contributed by atoms with Crippen LogP contribution in [0.4, 0.5) is 0 Å². The lowest BCUT2D eigenvalue weighted by Crippen LogP contribution is -2.55. The highest BCUT2D eigenvalue weighted by Crippen LogP contribution is 2.16. The first-order valence-corrected chi connectivity index (χ1v) is 21.5. The second-order valence-corrected chi connectivity index (χ2v) is 17.4. The first-order chi connectivity index (χ1) is 26.3. The second-order valence-electron chi connectivity index (χ2n) is 17.4. The van der Waals surface area contributed by atoms with E-state index in [-0.39, 0.29) is 68.6 Å². The lowest BCUT2D eigenvalue weighted by atomic mass is 10.0. The summed E-state index contributed by atoms with van der Waals surface area (Å²) < 4.78 is 21.2. The molecule has 1 atom stereocenters. The standard InChI is InChI=1S/C43H81N3O10/c1-41(2,3)55-38(50)26-24-22-20-18-16-14-12-10-9-11-13-15-17-19-21-23-25-29-44-35(39(51)56-42(4,5)6)27-28-36(47)46-43(7,8)40(52)45-30-31-53-32-33-54-34-37(48)49/h35,44H,9-34H2,1-8H3,(H,45,52)(H,46,47)(H,48,49). The molecule has 0 bridgehead atoms. The Morgan fingerprint density at radius 2 is 1.02 bits per heavy atom. The largest absolute Gasteiger partial charge is 0.480 e. The molecule has 0 radical (unpaired) electrons. The van der Waals surface area contributed by atoms with Gasteiger partial charge in [-0.05, 0) is 81.2 Å². The van der Waals surface area contributed by atoms with Crippen molar-refractivity contribution in [3.05, 3.63) is 0 Å². The van der Waals surface area contributed by atoms with Crippen molar-refractivity contribution < 1.29 is 48.0 Å². The van der Waals surface area contributed by atoms with Crippen LogP contribution < -0.4 is 16.0 Å².